The molecule has 1 saturated heterocycles. The molecule has 0 saturated carbocycles. The molecule has 0 spiro atoms. The molecule has 2 atom stereocenters. The first-order valence-electron chi connectivity index (χ1n) is 14.4. The van der Waals surface area contributed by atoms with Crippen molar-refractivity contribution in [2.24, 2.45) is 0 Å². The van der Waals surface area contributed by atoms with Crippen molar-refractivity contribution in [1.29, 1.82) is 0 Å². The molecule has 12 nitrogen and oxygen atoms in total. The van der Waals surface area contributed by atoms with Crippen LogP contribution in [0.4, 0.5) is 5.69 Å². The summed E-state index contributed by atoms with van der Waals surface area (Å²) >= 11 is 1.43. The van der Waals surface area contributed by atoms with Crippen LogP contribution < -0.4 is 10.6 Å². The third-order valence-electron chi connectivity index (χ3n) is 7.81. The van der Waals surface area contributed by atoms with E-state index in [1.807, 2.05) is 36.6 Å². The number of rotatable bonds is 17. The molecule has 1 aliphatic heterocycles. The maximum Gasteiger partial charge on any atom is 0.357 e. The average Bonchev–Trinajstić information content (AvgIpc) is 3.68. The van der Waals surface area contributed by atoms with Crippen molar-refractivity contribution in [2.75, 3.05) is 25.2 Å². The van der Waals surface area contributed by atoms with Gasteiger partial charge in [-0.15, -0.1) is 0 Å². The van der Waals surface area contributed by atoms with Crippen molar-refractivity contribution in [3.8, 4) is 0 Å². The van der Waals surface area contributed by atoms with E-state index in [-0.39, 0.29) is 37.3 Å². The van der Waals surface area contributed by atoms with Gasteiger partial charge in [0.1, 0.15) is 5.54 Å². The summed E-state index contributed by atoms with van der Waals surface area (Å²) in [6, 6.07) is 15.6. The highest BCUT2D eigenvalue weighted by molar-refractivity contribution is 7.98. The summed E-state index contributed by atoms with van der Waals surface area (Å²) in [6.45, 7) is 0.691. The van der Waals surface area contributed by atoms with E-state index in [2.05, 4.69) is 15.6 Å². The second-order valence-corrected chi connectivity index (χ2v) is 11.8. The van der Waals surface area contributed by atoms with Crippen molar-refractivity contribution >= 4 is 35.1 Å². The van der Waals surface area contributed by atoms with Gasteiger partial charge in [-0.3, -0.25) is 19.7 Å². The Bertz CT molecular complexity index is 1440. The third-order valence-corrected chi connectivity index (χ3v) is 8.42. The highest BCUT2D eigenvalue weighted by Crippen LogP contribution is 2.27. The van der Waals surface area contributed by atoms with Gasteiger partial charge in [0, 0.05) is 43.4 Å². The number of carbonyl (C=O) groups excluding carboxylic acids is 2. The topological polar surface area (TPSA) is 166 Å². The highest BCUT2D eigenvalue weighted by atomic mass is 32.2. The SMILES string of the molecule is CSCC[C@@](NC(=O)CCc1ccccc1)(OC[C@]1(C(=O)Cc2cncn2Cc2ccc([N+](=O)[O-])cc2)CCCN1)C(=O)O. The second kappa shape index (κ2) is 15.1. The van der Waals surface area contributed by atoms with Crippen LogP contribution in [0.25, 0.3) is 0 Å². The van der Waals surface area contributed by atoms with Crippen LogP contribution in [-0.2, 0) is 38.5 Å². The molecule has 2 aromatic carbocycles. The zero-order valence-electron chi connectivity index (χ0n) is 24.6. The number of imidazole rings is 1. The number of ketones is 1. The molecule has 4 rings (SSSR count). The van der Waals surface area contributed by atoms with Crippen LogP contribution in [0.5, 0.6) is 0 Å². The van der Waals surface area contributed by atoms with Gasteiger partial charge < -0.3 is 25.0 Å². The van der Waals surface area contributed by atoms with Crippen molar-refractivity contribution in [3.63, 3.8) is 0 Å². The lowest BCUT2D eigenvalue weighted by Gasteiger charge is -2.35. The number of Topliss-reactive ketones (excluding diaryl/α,β-unsaturated/α-hetero) is 1. The Kier molecular flexibility index (Phi) is 11.3. The molecule has 1 aliphatic rings. The zero-order chi connectivity index (χ0) is 31.6. The summed E-state index contributed by atoms with van der Waals surface area (Å²) < 4.78 is 7.90. The van der Waals surface area contributed by atoms with Crippen LogP contribution in [0.15, 0.2) is 67.1 Å². The smallest absolute Gasteiger partial charge is 0.357 e. The van der Waals surface area contributed by atoms with E-state index in [1.165, 1.54) is 23.9 Å². The minimum Gasteiger partial charge on any atom is -0.478 e. The van der Waals surface area contributed by atoms with E-state index in [4.69, 9.17) is 4.74 Å². The van der Waals surface area contributed by atoms with E-state index >= 15 is 0 Å². The van der Waals surface area contributed by atoms with E-state index < -0.39 is 28.1 Å². The minimum absolute atomic E-state index is 0.00798. The largest absolute Gasteiger partial charge is 0.478 e. The summed E-state index contributed by atoms with van der Waals surface area (Å²) in [7, 11) is 0. The van der Waals surface area contributed by atoms with Crippen LogP contribution in [0.1, 0.15) is 42.5 Å². The average molecular weight is 624 g/mol. The lowest BCUT2D eigenvalue weighted by Crippen LogP contribution is -2.61. The maximum atomic E-state index is 13.8. The summed E-state index contributed by atoms with van der Waals surface area (Å²) in [5.41, 5.74) is -0.735. The van der Waals surface area contributed by atoms with Gasteiger partial charge in [-0.2, -0.15) is 11.8 Å². The predicted molar refractivity (Wildman–Crippen MR) is 165 cm³/mol. The van der Waals surface area contributed by atoms with Gasteiger partial charge in [-0.05, 0) is 48.9 Å². The molecule has 13 heteroatoms. The number of aliphatic carboxylic acids is 1. The molecule has 2 heterocycles. The minimum atomic E-state index is -1.99. The Balaban J connectivity index is 1.47. The fourth-order valence-electron chi connectivity index (χ4n) is 5.21. The van der Waals surface area contributed by atoms with Crippen LogP contribution in [0, 0.1) is 10.1 Å². The van der Waals surface area contributed by atoms with Gasteiger partial charge in [-0.25, -0.2) is 9.78 Å². The molecular weight excluding hydrogens is 586 g/mol. The molecule has 3 aromatic rings. The van der Waals surface area contributed by atoms with Gasteiger partial charge in [0.25, 0.3) is 5.69 Å². The first kappa shape index (κ1) is 32.8. The number of nitrogens with zero attached hydrogens (tertiary/aromatic N) is 3. The van der Waals surface area contributed by atoms with Gasteiger partial charge in [-0.1, -0.05) is 42.5 Å². The Morgan fingerprint density at radius 2 is 1.93 bits per heavy atom. The molecule has 44 heavy (non-hydrogen) atoms. The van der Waals surface area contributed by atoms with E-state index in [0.29, 0.717) is 43.8 Å². The molecular formula is C31H37N5O7S. The fourth-order valence-corrected chi connectivity index (χ4v) is 5.71. The van der Waals surface area contributed by atoms with Gasteiger partial charge in [0.05, 0.1) is 24.3 Å². The van der Waals surface area contributed by atoms with Crippen molar-refractivity contribution in [3.05, 3.63) is 94.1 Å². The maximum absolute atomic E-state index is 13.8. The summed E-state index contributed by atoms with van der Waals surface area (Å²) in [4.78, 5) is 54.2. The van der Waals surface area contributed by atoms with Gasteiger partial charge in [0.15, 0.2) is 5.78 Å². The lowest BCUT2D eigenvalue weighted by atomic mass is 9.90. The number of nitro groups is 1. The van der Waals surface area contributed by atoms with Crippen molar-refractivity contribution in [2.45, 2.75) is 56.3 Å². The standard InChI is InChI=1S/C31H37N5O7S/c1-44-17-15-31(29(39)40,34-28(38)13-10-23-6-3-2-4-7-23)43-21-30(14-5-16-33-30)27(37)18-26-19-32-22-35(26)20-24-8-11-25(12-9-24)36(41)42/h2-4,6-9,11-12,19,22,33H,5,10,13-18,20-21H2,1H3,(H,34,38)(H,39,40)/t30-,31+/m0/s1. The summed E-state index contributed by atoms with van der Waals surface area (Å²) in [5.74, 6) is -1.53. The molecule has 0 bridgehead atoms. The third kappa shape index (κ3) is 8.30. The number of nitro benzene ring substituents is 1. The Morgan fingerprint density at radius 1 is 1.18 bits per heavy atom. The first-order chi connectivity index (χ1) is 21.2. The molecule has 3 N–H and O–H groups in total. The number of carboxylic acids is 1. The first-order valence-corrected chi connectivity index (χ1v) is 15.8. The van der Waals surface area contributed by atoms with Crippen LogP contribution in [0.2, 0.25) is 0 Å². The number of benzene rings is 2. The number of aromatic nitrogens is 2. The zero-order valence-corrected chi connectivity index (χ0v) is 25.4. The number of aryl methyl sites for hydroxylation is 1. The number of ether oxygens (including phenoxy) is 1. The number of hydrogen-bond acceptors (Lipinski definition) is 9. The highest BCUT2D eigenvalue weighted by Gasteiger charge is 2.47. The van der Waals surface area contributed by atoms with Gasteiger partial charge >= 0.3 is 5.97 Å². The van der Waals surface area contributed by atoms with Crippen LogP contribution >= 0.6 is 11.8 Å². The Labute approximate surface area is 259 Å². The number of amides is 1. The van der Waals surface area contributed by atoms with Crippen LogP contribution in [-0.4, -0.2) is 73.7 Å². The van der Waals surface area contributed by atoms with Crippen LogP contribution in [0.3, 0.4) is 0 Å². The number of non-ortho nitro benzene ring substituents is 1. The predicted octanol–water partition coefficient (Wildman–Crippen LogP) is 3.37. The molecule has 0 unspecified atom stereocenters. The number of hydrogen-bond donors (Lipinski definition) is 3. The van der Waals surface area contributed by atoms with Gasteiger partial charge in [0.2, 0.25) is 11.6 Å². The number of carbonyl (C=O) groups is 3. The fraction of sp³-hybridized carbons (Fsp3) is 0.419. The lowest BCUT2D eigenvalue weighted by molar-refractivity contribution is -0.384. The second-order valence-electron chi connectivity index (χ2n) is 10.8. The van der Waals surface area contributed by atoms with E-state index in [1.54, 1.807) is 29.2 Å². The Morgan fingerprint density at radius 3 is 2.57 bits per heavy atom. The van der Waals surface area contributed by atoms with E-state index in [9.17, 15) is 29.6 Å². The van der Waals surface area contributed by atoms with E-state index in [0.717, 1.165) is 11.1 Å². The molecule has 234 valence electrons. The summed E-state index contributed by atoms with van der Waals surface area (Å²) in [5, 5.41) is 27.2. The molecule has 1 fully saturated rings. The van der Waals surface area contributed by atoms with Crippen molar-refractivity contribution in [1.82, 2.24) is 20.2 Å². The molecule has 0 radical (unpaired) electrons. The number of nitrogens with one attached hydrogen (secondary N) is 2. The normalized spacial score (nSPS) is 17.6. The number of thioether (sulfide) groups is 1. The molecule has 1 amide bonds. The monoisotopic (exact) mass is 623 g/mol. The molecule has 1 aromatic heterocycles. The van der Waals surface area contributed by atoms with Crippen molar-refractivity contribution < 1.29 is 29.2 Å². The molecule has 0 aliphatic carbocycles. The Hall–Kier alpha value is -4.07. The number of carboxylic acid groups (broad SMARTS) is 1. The quantitative estimate of drug-likeness (QED) is 0.115. The summed E-state index contributed by atoms with van der Waals surface area (Å²) in [6.07, 6.45) is 6.74.